The lowest BCUT2D eigenvalue weighted by Crippen LogP contribution is -2.44. The van der Waals surface area contributed by atoms with E-state index in [0.29, 0.717) is 22.5 Å². The van der Waals surface area contributed by atoms with Crippen LogP contribution in [0.1, 0.15) is 5.56 Å². The number of rotatable bonds is 7. The Hall–Kier alpha value is -2.56. The van der Waals surface area contributed by atoms with Gasteiger partial charge in [0.1, 0.15) is 11.8 Å². The molecule has 0 radical (unpaired) electrons. The molecule has 1 aromatic carbocycles. The molecule has 0 amide bonds. The van der Waals surface area contributed by atoms with E-state index in [0.717, 1.165) is 44.1 Å². The lowest BCUT2D eigenvalue weighted by atomic mass is 10.0. The Morgan fingerprint density at radius 2 is 1.69 bits per heavy atom. The Morgan fingerprint density at radius 3 is 2.29 bits per heavy atom. The van der Waals surface area contributed by atoms with E-state index in [1.165, 1.54) is 16.8 Å². The predicted molar refractivity (Wildman–Crippen MR) is 135 cm³/mol. The van der Waals surface area contributed by atoms with Crippen LogP contribution < -0.4 is 9.63 Å². The number of piperazine rings is 1. The van der Waals surface area contributed by atoms with Crippen molar-refractivity contribution in [3.63, 3.8) is 0 Å². The highest BCUT2D eigenvalue weighted by Crippen LogP contribution is 2.40. The van der Waals surface area contributed by atoms with Crippen molar-refractivity contribution in [2.24, 2.45) is 0 Å². The zero-order valence-electron chi connectivity index (χ0n) is 20.7. The zero-order valence-corrected chi connectivity index (χ0v) is 21.7. The number of alkyl halides is 3. The number of hydrogen-bond acceptors (Lipinski definition) is 4. The van der Waals surface area contributed by atoms with Gasteiger partial charge in [-0.3, -0.25) is 0 Å². The molecule has 1 aliphatic rings. The monoisotopic (exact) mass is 506 g/mol. The molecule has 1 aliphatic heterocycles. The predicted octanol–water partition coefficient (Wildman–Crippen LogP) is 5.02. The van der Waals surface area contributed by atoms with Crippen molar-refractivity contribution in [2.75, 3.05) is 44.7 Å². The molecule has 0 aliphatic carbocycles. The summed E-state index contributed by atoms with van der Waals surface area (Å²) >= 11 is 0. The van der Waals surface area contributed by atoms with Crippen molar-refractivity contribution >= 4 is 24.8 Å². The Bertz CT molecular complexity index is 1160. The molecule has 35 heavy (non-hydrogen) atoms. The molecule has 0 spiro atoms. The van der Waals surface area contributed by atoms with Crippen molar-refractivity contribution in [1.82, 2.24) is 9.47 Å². The maximum absolute atomic E-state index is 14.1. The van der Waals surface area contributed by atoms with Gasteiger partial charge in [0.15, 0.2) is 6.73 Å². The minimum atomic E-state index is -4.61. The highest BCUT2D eigenvalue weighted by molar-refractivity contribution is 6.76. The number of aromatic nitrogens is 2. The molecule has 0 N–H and O–H groups in total. The topological polar surface area (TPSA) is 47.6 Å². The number of pyridine rings is 1. The first-order valence-electron chi connectivity index (χ1n) is 11.9. The summed E-state index contributed by atoms with van der Waals surface area (Å²) in [4.78, 5) is 4.53. The maximum Gasteiger partial charge on any atom is 0.420 e. The summed E-state index contributed by atoms with van der Waals surface area (Å²) in [5.41, 5.74) is 1.18. The first-order valence-corrected chi connectivity index (χ1v) is 15.6. The maximum atomic E-state index is 14.1. The van der Waals surface area contributed by atoms with Gasteiger partial charge in [-0.2, -0.15) is 13.2 Å². The third-order valence-electron chi connectivity index (χ3n) is 6.48. The lowest BCUT2D eigenvalue weighted by Gasteiger charge is -2.34. The summed E-state index contributed by atoms with van der Waals surface area (Å²) in [6.45, 7) is 10.7. The van der Waals surface area contributed by atoms with Gasteiger partial charge < -0.3 is 19.7 Å². The second-order valence-electron chi connectivity index (χ2n) is 10.4. The highest BCUT2D eigenvalue weighted by atomic mass is 28.3. The number of nitrogens with zero attached hydrogens (tertiary/aromatic N) is 4. The second kappa shape index (κ2) is 9.83. The highest BCUT2D eigenvalue weighted by Gasteiger charge is 2.39. The van der Waals surface area contributed by atoms with Crippen LogP contribution in [0.2, 0.25) is 25.7 Å². The van der Waals surface area contributed by atoms with E-state index in [1.807, 2.05) is 24.3 Å². The van der Waals surface area contributed by atoms with Crippen LogP contribution in [-0.4, -0.2) is 57.4 Å². The Labute approximate surface area is 205 Å². The number of halogens is 3. The molecule has 190 valence electrons. The quantitative estimate of drug-likeness (QED) is 0.195. The van der Waals surface area contributed by atoms with Gasteiger partial charge in [0, 0.05) is 52.1 Å². The second-order valence-corrected chi connectivity index (χ2v) is 16.1. The fourth-order valence-corrected chi connectivity index (χ4v) is 5.11. The summed E-state index contributed by atoms with van der Waals surface area (Å²) in [7, 11) is 0.743. The first kappa shape index (κ1) is 25.5. The normalized spacial score (nSPS) is 15.8. The van der Waals surface area contributed by atoms with Gasteiger partial charge in [0.2, 0.25) is 0 Å². The number of likely N-dealkylation sites (N-methyl/N-ethyl adjacent to an activating group) is 1. The average Bonchev–Trinajstić information content (AvgIpc) is 3.18. The minimum Gasteiger partial charge on any atom is -0.711 e. The minimum absolute atomic E-state index is 0.0500. The van der Waals surface area contributed by atoms with Crippen molar-refractivity contribution in [1.29, 1.82) is 0 Å². The number of anilines is 1. The molecule has 1 saturated heterocycles. The van der Waals surface area contributed by atoms with E-state index in [1.54, 1.807) is 0 Å². The van der Waals surface area contributed by atoms with Crippen LogP contribution in [0.25, 0.3) is 22.2 Å². The molecule has 3 heterocycles. The number of fused-ring (bicyclic) bond motifs is 1. The van der Waals surface area contributed by atoms with Crippen molar-refractivity contribution < 1.29 is 22.6 Å². The molecule has 0 bridgehead atoms. The molecule has 3 aromatic rings. The van der Waals surface area contributed by atoms with E-state index >= 15 is 0 Å². The fraction of sp³-hybridized carbons (Fsp3) is 0.480. The van der Waals surface area contributed by atoms with Gasteiger partial charge in [-0.25, -0.2) is 9.30 Å². The van der Waals surface area contributed by atoms with E-state index in [4.69, 9.17) is 4.74 Å². The average molecular weight is 507 g/mol. The third kappa shape index (κ3) is 5.82. The molecule has 0 atom stereocenters. The van der Waals surface area contributed by atoms with Gasteiger partial charge in [-0.05, 0) is 36.9 Å². The summed E-state index contributed by atoms with van der Waals surface area (Å²) in [5.74, 6) is 0. The fourth-order valence-electron chi connectivity index (χ4n) is 4.36. The largest absolute Gasteiger partial charge is 0.711 e. The molecule has 0 unspecified atom stereocenters. The van der Waals surface area contributed by atoms with Crippen LogP contribution in [0.3, 0.4) is 0 Å². The van der Waals surface area contributed by atoms with Gasteiger partial charge in [-0.1, -0.05) is 31.8 Å². The van der Waals surface area contributed by atoms with Crippen molar-refractivity contribution in [2.45, 2.75) is 38.6 Å². The smallest absolute Gasteiger partial charge is 0.420 e. The number of hydrogen-bond donors (Lipinski definition) is 0. The van der Waals surface area contributed by atoms with Crippen LogP contribution in [0.5, 0.6) is 0 Å². The zero-order chi connectivity index (χ0) is 25.4. The summed E-state index contributed by atoms with van der Waals surface area (Å²) in [6, 6.07) is 9.90. The standard InChI is InChI=1S/C25H33F3N4O2Si/c1-29-11-13-30(14-12-29)20-7-5-19(6-8-20)21-9-10-32(33)24-23(21)22(25(26,27)28)17-31(24)18-34-15-16-35(2,3)4/h5-10,17H,11-16,18H2,1-4H3. The van der Waals surface area contributed by atoms with Crippen molar-refractivity contribution in [3.05, 3.63) is 53.5 Å². The Morgan fingerprint density at radius 1 is 1.03 bits per heavy atom. The van der Waals surface area contributed by atoms with Crippen LogP contribution >= 0.6 is 0 Å². The summed E-state index contributed by atoms with van der Waals surface area (Å²) in [5, 5.41) is 12.6. The number of benzene rings is 1. The van der Waals surface area contributed by atoms with E-state index in [-0.39, 0.29) is 17.8 Å². The molecule has 4 rings (SSSR count). The molecule has 1 fully saturated rings. The van der Waals surface area contributed by atoms with Gasteiger partial charge >= 0.3 is 6.18 Å². The van der Waals surface area contributed by atoms with Gasteiger partial charge in [-0.15, -0.1) is 0 Å². The molecule has 10 heteroatoms. The van der Waals surface area contributed by atoms with E-state index in [2.05, 4.69) is 36.5 Å². The van der Waals surface area contributed by atoms with E-state index < -0.39 is 19.8 Å². The molecule has 0 saturated carbocycles. The third-order valence-corrected chi connectivity index (χ3v) is 8.19. The van der Waals surface area contributed by atoms with Gasteiger partial charge in [0.25, 0.3) is 5.65 Å². The number of ether oxygens (including phenoxy) is 1. The van der Waals surface area contributed by atoms with Crippen molar-refractivity contribution in [3.8, 4) is 11.1 Å². The van der Waals surface area contributed by atoms with Crippen LogP contribution in [-0.2, 0) is 17.6 Å². The molecule has 2 aromatic heterocycles. The Kier molecular flexibility index (Phi) is 7.17. The summed E-state index contributed by atoms with van der Waals surface area (Å²) in [6.07, 6.45) is -2.34. The molecule has 6 nitrogen and oxygen atoms in total. The summed E-state index contributed by atoms with van der Waals surface area (Å²) < 4.78 is 49.7. The van der Waals surface area contributed by atoms with Gasteiger partial charge in [0.05, 0.1) is 11.6 Å². The molecular weight excluding hydrogens is 473 g/mol. The van der Waals surface area contributed by atoms with E-state index in [9.17, 15) is 18.4 Å². The first-order chi connectivity index (χ1) is 16.4. The molecular formula is C25H33F3N4O2Si. The SMILES string of the molecule is CN1CCN(c2ccc(-c3cc[n+]([O-])c4c3c(C(F)(F)F)cn4COCC[Si](C)(C)C)cc2)CC1. The lowest BCUT2D eigenvalue weighted by molar-refractivity contribution is -0.580. The Balaban J connectivity index is 1.69. The van der Waals surface area contributed by atoms with Crippen LogP contribution in [0, 0.1) is 5.21 Å². The van der Waals surface area contributed by atoms with Crippen LogP contribution in [0.4, 0.5) is 18.9 Å². The van der Waals surface area contributed by atoms with Crippen LogP contribution in [0.15, 0.2) is 42.7 Å².